The van der Waals surface area contributed by atoms with Crippen LogP contribution in [-0.2, 0) is 10.0 Å². The van der Waals surface area contributed by atoms with Crippen LogP contribution in [-0.4, -0.2) is 8.42 Å². The van der Waals surface area contributed by atoms with Gasteiger partial charge in [-0.1, -0.05) is 28.1 Å². The third-order valence-electron chi connectivity index (χ3n) is 2.93. The number of sulfonamides is 1. The lowest BCUT2D eigenvalue weighted by molar-refractivity contribution is 0.566. The van der Waals surface area contributed by atoms with Crippen LogP contribution in [0.4, 0.5) is 5.69 Å². The zero-order chi connectivity index (χ0) is 15.6. The highest BCUT2D eigenvalue weighted by Crippen LogP contribution is 2.26. The molecule has 0 bridgehead atoms. The third-order valence-corrected chi connectivity index (χ3v) is 5.94. The first-order valence-electron chi connectivity index (χ1n) is 6.12. The molecule has 0 aromatic heterocycles. The van der Waals surface area contributed by atoms with E-state index < -0.39 is 10.0 Å². The zero-order valence-corrected chi connectivity index (χ0v) is 15.2. The largest absolute Gasteiger partial charge is 0.399 e. The van der Waals surface area contributed by atoms with Crippen molar-refractivity contribution in [2.45, 2.75) is 17.9 Å². The highest BCUT2D eigenvalue weighted by atomic mass is 79.9. The van der Waals surface area contributed by atoms with Gasteiger partial charge in [-0.2, -0.15) is 0 Å². The number of benzene rings is 2. The van der Waals surface area contributed by atoms with Gasteiger partial charge in [-0.25, -0.2) is 13.1 Å². The van der Waals surface area contributed by atoms with Crippen molar-refractivity contribution in [2.24, 2.45) is 0 Å². The number of nitrogens with one attached hydrogen (secondary N) is 1. The fourth-order valence-electron chi connectivity index (χ4n) is 1.88. The lowest BCUT2D eigenvalue weighted by atomic mass is 10.1. The summed E-state index contributed by atoms with van der Waals surface area (Å²) in [6.07, 6.45) is 0. The first-order chi connectivity index (χ1) is 9.79. The molecule has 0 saturated carbocycles. The molecule has 7 heteroatoms. The monoisotopic (exact) mass is 432 g/mol. The van der Waals surface area contributed by atoms with E-state index in [1.165, 1.54) is 6.07 Å². The Labute approximate surface area is 141 Å². The molecule has 0 amide bonds. The maximum atomic E-state index is 12.4. The summed E-state index contributed by atoms with van der Waals surface area (Å²) in [5.41, 5.74) is 7.00. The highest BCUT2D eigenvalue weighted by molar-refractivity contribution is 9.10. The minimum atomic E-state index is -3.64. The Kier molecular flexibility index (Phi) is 5.08. The number of hydrogen-bond donors (Lipinski definition) is 2. The van der Waals surface area contributed by atoms with Crippen molar-refractivity contribution in [1.82, 2.24) is 4.72 Å². The van der Waals surface area contributed by atoms with E-state index in [0.29, 0.717) is 10.2 Å². The molecule has 1 atom stereocenters. The normalized spacial score (nSPS) is 13.1. The van der Waals surface area contributed by atoms with E-state index in [9.17, 15) is 8.42 Å². The molecule has 0 aliphatic heterocycles. The van der Waals surface area contributed by atoms with Gasteiger partial charge >= 0.3 is 0 Å². The van der Waals surface area contributed by atoms with Crippen molar-refractivity contribution >= 4 is 47.6 Å². The van der Waals surface area contributed by atoms with Crippen molar-refractivity contribution in [1.29, 1.82) is 0 Å². The Hall–Kier alpha value is -0.890. The SMILES string of the molecule is CC(NS(=O)(=O)c1ccc(N)cc1Br)c1cccc(Br)c1. The number of rotatable bonds is 4. The molecule has 2 aromatic rings. The maximum Gasteiger partial charge on any atom is 0.242 e. The first kappa shape index (κ1) is 16.5. The molecule has 0 spiro atoms. The predicted octanol–water partition coefficient (Wildman–Crippen LogP) is 3.83. The number of nitrogen functional groups attached to an aromatic ring is 1. The van der Waals surface area contributed by atoms with Gasteiger partial charge in [0.2, 0.25) is 10.0 Å². The summed E-state index contributed by atoms with van der Waals surface area (Å²) < 4.78 is 28.9. The molecule has 4 nitrogen and oxygen atoms in total. The molecule has 0 fully saturated rings. The van der Waals surface area contributed by atoms with Crippen LogP contribution < -0.4 is 10.5 Å². The number of halogens is 2. The molecular weight excluding hydrogens is 420 g/mol. The van der Waals surface area contributed by atoms with E-state index in [2.05, 4.69) is 36.6 Å². The fraction of sp³-hybridized carbons (Fsp3) is 0.143. The Morgan fingerprint density at radius 3 is 2.48 bits per heavy atom. The van der Waals surface area contributed by atoms with Crippen LogP contribution in [0.5, 0.6) is 0 Å². The molecule has 112 valence electrons. The van der Waals surface area contributed by atoms with Gasteiger partial charge in [0.15, 0.2) is 0 Å². The molecule has 0 aliphatic rings. The van der Waals surface area contributed by atoms with Gasteiger partial charge in [-0.15, -0.1) is 0 Å². The predicted molar refractivity (Wildman–Crippen MR) is 91.4 cm³/mol. The number of anilines is 1. The first-order valence-corrected chi connectivity index (χ1v) is 9.19. The Bertz CT molecular complexity index is 763. The van der Waals surface area contributed by atoms with Gasteiger partial charge in [-0.3, -0.25) is 0 Å². The van der Waals surface area contributed by atoms with E-state index in [-0.39, 0.29) is 10.9 Å². The lowest BCUT2D eigenvalue weighted by Gasteiger charge is -2.16. The fourth-order valence-corrected chi connectivity index (χ4v) is 4.62. The molecule has 3 N–H and O–H groups in total. The van der Waals surface area contributed by atoms with Crippen molar-refractivity contribution < 1.29 is 8.42 Å². The van der Waals surface area contributed by atoms with Crippen LogP contribution in [0.2, 0.25) is 0 Å². The van der Waals surface area contributed by atoms with E-state index in [1.54, 1.807) is 19.1 Å². The summed E-state index contributed by atoms with van der Waals surface area (Å²) in [5.74, 6) is 0. The molecular formula is C14H14Br2N2O2S. The van der Waals surface area contributed by atoms with E-state index in [4.69, 9.17) is 5.73 Å². The molecule has 0 heterocycles. The third kappa shape index (κ3) is 4.06. The molecule has 21 heavy (non-hydrogen) atoms. The van der Waals surface area contributed by atoms with Crippen LogP contribution in [0.1, 0.15) is 18.5 Å². The summed E-state index contributed by atoms with van der Waals surface area (Å²) in [6.45, 7) is 1.80. The van der Waals surface area contributed by atoms with Crippen molar-refractivity contribution in [3.05, 3.63) is 57.0 Å². The highest BCUT2D eigenvalue weighted by Gasteiger charge is 2.21. The summed E-state index contributed by atoms with van der Waals surface area (Å²) in [6, 6.07) is 11.8. The molecule has 2 rings (SSSR count). The van der Waals surface area contributed by atoms with Gasteiger partial charge in [0.1, 0.15) is 0 Å². The van der Waals surface area contributed by atoms with Crippen LogP contribution in [0.15, 0.2) is 56.3 Å². The van der Waals surface area contributed by atoms with Crippen molar-refractivity contribution in [2.75, 3.05) is 5.73 Å². The number of hydrogen-bond acceptors (Lipinski definition) is 3. The second-order valence-corrected chi connectivity index (χ2v) is 8.04. The Morgan fingerprint density at radius 1 is 1.14 bits per heavy atom. The second kappa shape index (κ2) is 6.48. The second-order valence-electron chi connectivity index (χ2n) is 4.59. The van der Waals surface area contributed by atoms with Crippen LogP contribution in [0.25, 0.3) is 0 Å². The maximum absolute atomic E-state index is 12.4. The van der Waals surface area contributed by atoms with Gasteiger partial charge in [0.25, 0.3) is 0 Å². The topological polar surface area (TPSA) is 72.2 Å². The summed E-state index contributed by atoms with van der Waals surface area (Å²) >= 11 is 6.61. The van der Waals surface area contributed by atoms with Crippen LogP contribution in [0.3, 0.4) is 0 Å². The van der Waals surface area contributed by atoms with Gasteiger partial charge in [0, 0.05) is 20.7 Å². The van der Waals surface area contributed by atoms with Gasteiger partial charge in [-0.05, 0) is 58.7 Å². The summed E-state index contributed by atoms with van der Waals surface area (Å²) in [5, 5.41) is 0. The standard InChI is InChI=1S/C14H14Br2N2O2S/c1-9(10-3-2-4-11(15)7-10)18-21(19,20)14-6-5-12(17)8-13(14)16/h2-9,18H,17H2,1H3. The average molecular weight is 434 g/mol. The average Bonchev–Trinajstić information content (AvgIpc) is 2.37. The molecule has 2 aromatic carbocycles. The van der Waals surface area contributed by atoms with Crippen LogP contribution in [0, 0.1) is 0 Å². The smallest absolute Gasteiger partial charge is 0.242 e. The van der Waals surface area contributed by atoms with E-state index in [0.717, 1.165) is 10.0 Å². The molecule has 0 radical (unpaired) electrons. The van der Waals surface area contributed by atoms with E-state index >= 15 is 0 Å². The zero-order valence-electron chi connectivity index (χ0n) is 11.2. The van der Waals surface area contributed by atoms with Gasteiger partial charge < -0.3 is 5.73 Å². The minimum absolute atomic E-state index is 0.165. The van der Waals surface area contributed by atoms with Crippen molar-refractivity contribution in [3.63, 3.8) is 0 Å². The summed E-state index contributed by atoms with van der Waals surface area (Å²) in [7, 11) is -3.64. The lowest BCUT2D eigenvalue weighted by Crippen LogP contribution is -2.27. The van der Waals surface area contributed by atoms with Gasteiger partial charge in [0.05, 0.1) is 4.90 Å². The van der Waals surface area contributed by atoms with Crippen molar-refractivity contribution in [3.8, 4) is 0 Å². The number of nitrogens with two attached hydrogens (primary N) is 1. The van der Waals surface area contributed by atoms with Crippen LogP contribution >= 0.6 is 31.9 Å². The Balaban J connectivity index is 2.29. The minimum Gasteiger partial charge on any atom is -0.399 e. The van der Waals surface area contributed by atoms with E-state index in [1.807, 2.05) is 24.3 Å². The molecule has 0 saturated heterocycles. The molecule has 1 unspecified atom stereocenters. The quantitative estimate of drug-likeness (QED) is 0.719. The Morgan fingerprint density at radius 2 is 1.86 bits per heavy atom. The summed E-state index contributed by atoms with van der Waals surface area (Å²) in [4.78, 5) is 0.165. The molecule has 0 aliphatic carbocycles.